The van der Waals surface area contributed by atoms with E-state index in [2.05, 4.69) is 5.32 Å². The van der Waals surface area contributed by atoms with E-state index in [1.54, 1.807) is 18.2 Å². The second-order valence-corrected chi connectivity index (χ2v) is 3.57. The van der Waals surface area contributed by atoms with Crippen LogP contribution in [0.2, 0.25) is 0 Å². The van der Waals surface area contributed by atoms with Gasteiger partial charge in [0, 0.05) is 12.2 Å². The highest BCUT2D eigenvalue weighted by atomic mass is 19.1. The lowest BCUT2D eigenvalue weighted by atomic mass is 10.2. The second kappa shape index (κ2) is 4.66. The highest BCUT2D eigenvalue weighted by Gasteiger charge is 1.99. The first-order chi connectivity index (χ1) is 7.75. The lowest BCUT2D eigenvalue weighted by molar-refractivity contribution is 0.630. The molecule has 3 N–H and O–H groups in total. The van der Waals surface area contributed by atoms with Crippen LogP contribution in [-0.2, 0) is 6.54 Å². The third-order valence-corrected chi connectivity index (χ3v) is 2.34. The molecule has 2 aromatic rings. The maximum absolute atomic E-state index is 13.3. The van der Waals surface area contributed by atoms with Crippen LogP contribution in [0.3, 0.4) is 0 Å². The summed E-state index contributed by atoms with van der Waals surface area (Å²) in [7, 11) is 0. The lowest BCUT2D eigenvalue weighted by Gasteiger charge is -2.07. The predicted molar refractivity (Wildman–Crippen MR) is 64.6 cm³/mol. The Labute approximate surface area is 93.9 Å². The van der Waals surface area contributed by atoms with E-state index in [0.29, 0.717) is 12.2 Å². The molecule has 0 aliphatic rings. The molecule has 0 aliphatic carbocycles. The molecule has 16 heavy (non-hydrogen) atoms. The number of benzene rings is 2. The zero-order valence-electron chi connectivity index (χ0n) is 8.78. The van der Waals surface area contributed by atoms with Gasteiger partial charge in [-0.3, -0.25) is 0 Å². The Bertz CT molecular complexity index is 466. The van der Waals surface area contributed by atoms with Gasteiger partial charge in [0.2, 0.25) is 0 Å². The van der Waals surface area contributed by atoms with Crippen molar-refractivity contribution in [1.29, 1.82) is 0 Å². The summed E-state index contributed by atoms with van der Waals surface area (Å²) in [6.07, 6.45) is 0. The summed E-state index contributed by atoms with van der Waals surface area (Å²) < 4.78 is 13.3. The summed E-state index contributed by atoms with van der Waals surface area (Å²) in [5, 5.41) is 3.03. The molecule has 0 bridgehead atoms. The fraction of sp³-hybridized carbons (Fsp3) is 0.0769. The Balaban J connectivity index is 2.02. The maximum atomic E-state index is 13.3. The van der Waals surface area contributed by atoms with E-state index >= 15 is 0 Å². The Kier molecular flexibility index (Phi) is 3.05. The molecule has 2 nitrogen and oxygen atoms in total. The van der Waals surface area contributed by atoms with Crippen molar-refractivity contribution in [2.45, 2.75) is 6.54 Å². The van der Waals surface area contributed by atoms with Crippen molar-refractivity contribution in [2.75, 3.05) is 11.1 Å². The molecule has 0 fully saturated rings. The van der Waals surface area contributed by atoms with Crippen LogP contribution in [0.1, 0.15) is 5.56 Å². The van der Waals surface area contributed by atoms with Gasteiger partial charge in [0.15, 0.2) is 0 Å². The number of rotatable bonds is 3. The molecule has 2 aromatic carbocycles. The number of para-hydroxylation sites is 1. The zero-order chi connectivity index (χ0) is 11.4. The molecule has 0 saturated heterocycles. The molecule has 3 heteroatoms. The first-order valence-corrected chi connectivity index (χ1v) is 5.08. The van der Waals surface area contributed by atoms with Gasteiger partial charge in [-0.05, 0) is 29.8 Å². The summed E-state index contributed by atoms with van der Waals surface area (Å²) in [6.45, 7) is 0.585. The van der Waals surface area contributed by atoms with Crippen LogP contribution >= 0.6 is 0 Å². The Morgan fingerprint density at radius 3 is 2.38 bits per heavy atom. The number of hydrogen-bond donors (Lipinski definition) is 2. The molecule has 0 spiro atoms. The van der Waals surface area contributed by atoms with Crippen LogP contribution in [-0.4, -0.2) is 0 Å². The van der Waals surface area contributed by atoms with Crippen LogP contribution in [0, 0.1) is 5.82 Å². The standard InChI is InChI=1S/C13H13FN2/c14-12-3-1-2-4-13(12)16-9-10-5-7-11(15)8-6-10/h1-8,16H,9,15H2. The summed E-state index contributed by atoms with van der Waals surface area (Å²) in [5.41, 5.74) is 7.89. The van der Waals surface area contributed by atoms with E-state index in [9.17, 15) is 4.39 Å². The van der Waals surface area contributed by atoms with Crippen molar-refractivity contribution in [3.05, 3.63) is 59.9 Å². The van der Waals surface area contributed by atoms with E-state index in [0.717, 1.165) is 11.3 Å². The summed E-state index contributed by atoms with van der Waals surface area (Å²) in [4.78, 5) is 0. The van der Waals surface area contributed by atoms with Crippen molar-refractivity contribution in [1.82, 2.24) is 0 Å². The number of halogens is 1. The highest BCUT2D eigenvalue weighted by Crippen LogP contribution is 2.14. The van der Waals surface area contributed by atoms with Crippen LogP contribution < -0.4 is 11.1 Å². The molecule has 0 aliphatic heterocycles. The molecule has 82 valence electrons. The Morgan fingerprint density at radius 2 is 1.69 bits per heavy atom. The SMILES string of the molecule is Nc1ccc(CNc2ccccc2F)cc1. The van der Waals surface area contributed by atoms with Gasteiger partial charge in [-0.25, -0.2) is 4.39 Å². The third-order valence-electron chi connectivity index (χ3n) is 2.34. The highest BCUT2D eigenvalue weighted by molar-refractivity contribution is 5.46. The number of nitrogens with one attached hydrogen (secondary N) is 1. The van der Waals surface area contributed by atoms with E-state index in [-0.39, 0.29) is 5.82 Å². The monoisotopic (exact) mass is 216 g/mol. The third kappa shape index (κ3) is 2.51. The van der Waals surface area contributed by atoms with Gasteiger partial charge >= 0.3 is 0 Å². The minimum Gasteiger partial charge on any atom is -0.399 e. The van der Waals surface area contributed by atoms with Gasteiger partial charge in [0.1, 0.15) is 5.82 Å². The molecular weight excluding hydrogens is 203 g/mol. The molecule has 2 rings (SSSR count). The van der Waals surface area contributed by atoms with Gasteiger partial charge in [0.25, 0.3) is 0 Å². The van der Waals surface area contributed by atoms with Gasteiger partial charge in [-0.2, -0.15) is 0 Å². The molecule has 0 aromatic heterocycles. The van der Waals surface area contributed by atoms with Crippen molar-refractivity contribution >= 4 is 11.4 Å². The maximum Gasteiger partial charge on any atom is 0.146 e. The van der Waals surface area contributed by atoms with Crippen molar-refractivity contribution < 1.29 is 4.39 Å². The molecular formula is C13H13FN2. The quantitative estimate of drug-likeness (QED) is 0.774. The molecule has 0 unspecified atom stereocenters. The minimum atomic E-state index is -0.238. The van der Waals surface area contributed by atoms with Crippen molar-refractivity contribution in [2.24, 2.45) is 0 Å². The average molecular weight is 216 g/mol. The Morgan fingerprint density at radius 1 is 1.00 bits per heavy atom. The van der Waals surface area contributed by atoms with Gasteiger partial charge in [-0.1, -0.05) is 24.3 Å². The molecule has 0 atom stereocenters. The lowest BCUT2D eigenvalue weighted by Crippen LogP contribution is -2.01. The first kappa shape index (κ1) is 10.5. The van der Waals surface area contributed by atoms with E-state index in [4.69, 9.17) is 5.73 Å². The van der Waals surface area contributed by atoms with Crippen molar-refractivity contribution in [3.8, 4) is 0 Å². The largest absolute Gasteiger partial charge is 0.399 e. The average Bonchev–Trinajstić information content (AvgIpc) is 2.30. The summed E-state index contributed by atoms with van der Waals surface area (Å²) >= 11 is 0. The molecule has 0 radical (unpaired) electrons. The van der Waals surface area contributed by atoms with Crippen molar-refractivity contribution in [3.63, 3.8) is 0 Å². The molecule has 0 saturated carbocycles. The smallest absolute Gasteiger partial charge is 0.146 e. The number of nitrogen functional groups attached to an aromatic ring is 1. The molecule has 0 heterocycles. The van der Waals surface area contributed by atoms with Crippen LogP contribution in [0.4, 0.5) is 15.8 Å². The number of nitrogens with two attached hydrogens (primary N) is 1. The van der Waals surface area contributed by atoms with E-state index in [1.165, 1.54) is 6.07 Å². The Hall–Kier alpha value is -2.03. The first-order valence-electron chi connectivity index (χ1n) is 5.08. The normalized spacial score (nSPS) is 10.1. The fourth-order valence-corrected chi connectivity index (χ4v) is 1.44. The van der Waals surface area contributed by atoms with Gasteiger partial charge < -0.3 is 11.1 Å². The summed E-state index contributed by atoms with van der Waals surface area (Å²) in [6, 6.07) is 14.1. The van der Waals surface area contributed by atoms with Crippen LogP contribution in [0.5, 0.6) is 0 Å². The topological polar surface area (TPSA) is 38.0 Å². The number of hydrogen-bond acceptors (Lipinski definition) is 2. The fourth-order valence-electron chi connectivity index (χ4n) is 1.44. The zero-order valence-corrected chi connectivity index (χ0v) is 8.78. The minimum absolute atomic E-state index is 0.238. The van der Waals surface area contributed by atoms with E-state index < -0.39 is 0 Å². The van der Waals surface area contributed by atoms with Crippen LogP contribution in [0.15, 0.2) is 48.5 Å². The van der Waals surface area contributed by atoms with Gasteiger partial charge in [-0.15, -0.1) is 0 Å². The summed E-state index contributed by atoms with van der Waals surface area (Å²) in [5.74, 6) is -0.238. The van der Waals surface area contributed by atoms with Gasteiger partial charge in [0.05, 0.1) is 5.69 Å². The second-order valence-electron chi connectivity index (χ2n) is 3.57. The van der Waals surface area contributed by atoms with E-state index in [1.807, 2.05) is 24.3 Å². The number of anilines is 2. The van der Waals surface area contributed by atoms with Crippen LogP contribution in [0.25, 0.3) is 0 Å². The molecule has 0 amide bonds. The predicted octanol–water partition coefficient (Wildman–Crippen LogP) is 3.02.